The molecule has 20 heavy (non-hydrogen) atoms. The Morgan fingerprint density at radius 3 is 2.90 bits per heavy atom. The molecule has 2 heterocycles. The first-order valence-corrected chi connectivity index (χ1v) is 7.63. The number of benzene rings is 1. The molecule has 0 aliphatic rings. The topological polar surface area (TPSA) is 52.1 Å². The Balaban J connectivity index is 1.95. The minimum atomic E-state index is -0.344. The fourth-order valence-electron chi connectivity index (χ4n) is 1.76. The molecule has 0 spiro atoms. The highest BCUT2D eigenvalue weighted by Gasteiger charge is 2.11. The van der Waals surface area contributed by atoms with Gasteiger partial charge >= 0.3 is 5.97 Å². The monoisotopic (exact) mass is 302 g/mol. The van der Waals surface area contributed by atoms with Crippen LogP contribution in [0.2, 0.25) is 0 Å². The molecule has 0 aliphatic heterocycles. The maximum Gasteiger partial charge on any atom is 0.337 e. The molecular formula is C14H10N2O2S2. The van der Waals surface area contributed by atoms with E-state index in [4.69, 9.17) is 4.74 Å². The molecule has 6 heteroatoms. The number of carbonyl (C=O) groups is 1. The van der Waals surface area contributed by atoms with Crippen molar-refractivity contribution in [2.75, 3.05) is 7.11 Å². The number of nitrogens with zero attached hydrogens (tertiary/aromatic N) is 2. The van der Waals surface area contributed by atoms with Gasteiger partial charge in [0, 0.05) is 16.3 Å². The predicted octanol–water partition coefficient (Wildman–Crippen LogP) is 3.72. The number of ether oxygens (including phenoxy) is 1. The van der Waals surface area contributed by atoms with Crippen molar-refractivity contribution in [1.29, 1.82) is 0 Å². The van der Waals surface area contributed by atoms with Crippen molar-refractivity contribution in [2.45, 2.75) is 0 Å². The number of carbonyl (C=O) groups excluding carboxylic acids is 1. The van der Waals surface area contributed by atoms with E-state index in [-0.39, 0.29) is 5.97 Å². The second kappa shape index (κ2) is 5.52. The normalized spacial score (nSPS) is 10.4. The zero-order valence-corrected chi connectivity index (χ0v) is 12.2. The Hall–Kier alpha value is -2.05. The van der Waals surface area contributed by atoms with Crippen LogP contribution in [0.4, 0.5) is 0 Å². The number of hydrogen-bond acceptors (Lipinski definition) is 6. The van der Waals surface area contributed by atoms with Crippen LogP contribution in [-0.4, -0.2) is 23.0 Å². The molecule has 3 aromatic rings. The summed E-state index contributed by atoms with van der Waals surface area (Å²) in [5.74, 6) is -0.344. The van der Waals surface area contributed by atoms with Crippen LogP contribution in [0.5, 0.6) is 0 Å². The smallest absolute Gasteiger partial charge is 0.337 e. The zero-order chi connectivity index (χ0) is 13.9. The average Bonchev–Trinajstić information content (AvgIpc) is 3.17. The van der Waals surface area contributed by atoms with Crippen molar-refractivity contribution in [2.24, 2.45) is 0 Å². The summed E-state index contributed by atoms with van der Waals surface area (Å²) in [5.41, 5.74) is 4.94. The number of thiazole rings is 2. The lowest BCUT2D eigenvalue weighted by atomic mass is 10.1. The van der Waals surface area contributed by atoms with Crippen LogP contribution in [0, 0.1) is 0 Å². The van der Waals surface area contributed by atoms with Crippen LogP contribution in [0.3, 0.4) is 0 Å². The van der Waals surface area contributed by atoms with Crippen LogP contribution < -0.4 is 0 Å². The number of aromatic nitrogens is 2. The summed E-state index contributed by atoms with van der Waals surface area (Å²) in [7, 11) is 1.37. The van der Waals surface area contributed by atoms with E-state index in [1.165, 1.54) is 18.4 Å². The molecule has 0 atom stereocenters. The van der Waals surface area contributed by atoms with Gasteiger partial charge in [0.1, 0.15) is 16.4 Å². The maximum absolute atomic E-state index is 11.5. The first kappa shape index (κ1) is 13.0. The van der Waals surface area contributed by atoms with Gasteiger partial charge in [-0.05, 0) is 12.1 Å². The molecule has 0 bridgehead atoms. The van der Waals surface area contributed by atoms with Crippen molar-refractivity contribution in [3.8, 4) is 22.0 Å². The summed E-state index contributed by atoms with van der Waals surface area (Å²) in [4.78, 5) is 20.3. The Bertz CT molecular complexity index is 735. The Morgan fingerprint density at radius 2 is 2.15 bits per heavy atom. The van der Waals surface area contributed by atoms with Gasteiger partial charge in [0.05, 0.1) is 18.2 Å². The van der Waals surface area contributed by atoms with Crippen molar-refractivity contribution in [3.63, 3.8) is 0 Å². The van der Waals surface area contributed by atoms with E-state index < -0.39 is 0 Å². The molecule has 0 unspecified atom stereocenters. The molecule has 0 amide bonds. The van der Waals surface area contributed by atoms with Gasteiger partial charge in [0.25, 0.3) is 0 Å². The fourth-order valence-corrected chi connectivity index (χ4v) is 3.12. The molecule has 2 aromatic heterocycles. The molecule has 3 rings (SSSR count). The van der Waals surface area contributed by atoms with E-state index in [1.54, 1.807) is 29.0 Å². The van der Waals surface area contributed by atoms with Gasteiger partial charge in [0.2, 0.25) is 0 Å². The van der Waals surface area contributed by atoms with Gasteiger partial charge in [-0.3, -0.25) is 0 Å². The van der Waals surface area contributed by atoms with Crippen LogP contribution >= 0.6 is 22.7 Å². The summed E-state index contributed by atoms with van der Waals surface area (Å²) >= 11 is 3.07. The quantitative estimate of drug-likeness (QED) is 0.692. The van der Waals surface area contributed by atoms with Crippen molar-refractivity contribution in [1.82, 2.24) is 9.97 Å². The van der Waals surface area contributed by atoms with Gasteiger partial charge < -0.3 is 4.74 Å². The second-order valence-electron chi connectivity index (χ2n) is 3.98. The summed E-state index contributed by atoms with van der Waals surface area (Å²) < 4.78 is 4.73. The van der Waals surface area contributed by atoms with Gasteiger partial charge in [-0.15, -0.1) is 22.7 Å². The molecular weight excluding hydrogens is 292 g/mol. The van der Waals surface area contributed by atoms with Crippen molar-refractivity contribution in [3.05, 3.63) is 46.1 Å². The fraction of sp³-hybridized carbons (Fsp3) is 0.0714. The first-order valence-electron chi connectivity index (χ1n) is 5.81. The molecule has 0 saturated carbocycles. The lowest BCUT2D eigenvalue weighted by molar-refractivity contribution is 0.0601. The predicted molar refractivity (Wildman–Crippen MR) is 80.0 cm³/mol. The number of rotatable bonds is 3. The van der Waals surface area contributed by atoms with Crippen LogP contribution in [0.25, 0.3) is 22.0 Å². The zero-order valence-electron chi connectivity index (χ0n) is 10.6. The maximum atomic E-state index is 11.5. The van der Waals surface area contributed by atoms with E-state index in [1.807, 2.05) is 22.9 Å². The van der Waals surface area contributed by atoms with Crippen LogP contribution in [-0.2, 0) is 4.74 Å². The Labute approximate surface area is 123 Å². The summed E-state index contributed by atoms with van der Waals surface area (Å²) in [6.45, 7) is 0. The van der Waals surface area contributed by atoms with Gasteiger partial charge in [0.15, 0.2) is 0 Å². The third kappa shape index (κ3) is 2.48. The largest absolute Gasteiger partial charge is 0.465 e. The highest BCUT2D eigenvalue weighted by atomic mass is 32.1. The van der Waals surface area contributed by atoms with E-state index in [0.29, 0.717) is 5.56 Å². The van der Waals surface area contributed by atoms with E-state index >= 15 is 0 Å². The van der Waals surface area contributed by atoms with E-state index in [2.05, 4.69) is 9.97 Å². The first-order chi connectivity index (χ1) is 9.78. The highest BCUT2D eigenvalue weighted by molar-refractivity contribution is 7.13. The molecule has 0 fully saturated rings. The van der Waals surface area contributed by atoms with Crippen molar-refractivity contribution >= 4 is 28.6 Å². The highest BCUT2D eigenvalue weighted by Crippen LogP contribution is 2.29. The van der Waals surface area contributed by atoms with E-state index in [9.17, 15) is 4.79 Å². The van der Waals surface area contributed by atoms with Crippen molar-refractivity contribution < 1.29 is 9.53 Å². The van der Waals surface area contributed by atoms with Crippen LogP contribution in [0.15, 0.2) is 40.5 Å². The van der Waals surface area contributed by atoms with Crippen LogP contribution in [0.1, 0.15) is 10.4 Å². The number of methoxy groups -OCH3 is 1. The van der Waals surface area contributed by atoms with E-state index in [0.717, 1.165) is 22.0 Å². The van der Waals surface area contributed by atoms with Gasteiger partial charge in [-0.1, -0.05) is 12.1 Å². The molecule has 4 nitrogen and oxygen atoms in total. The minimum Gasteiger partial charge on any atom is -0.465 e. The summed E-state index contributed by atoms with van der Waals surface area (Å²) in [6.07, 6.45) is 0. The number of hydrogen-bond donors (Lipinski definition) is 0. The molecule has 0 N–H and O–H groups in total. The molecule has 0 aliphatic carbocycles. The third-order valence-electron chi connectivity index (χ3n) is 2.73. The average molecular weight is 302 g/mol. The number of esters is 1. The Morgan fingerprint density at radius 1 is 1.25 bits per heavy atom. The molecule has 0 radical (unpaired) electrons. The third-order valence-corrected chi connectivity index (χ3v) is 4.21. The molecule has 1 aromatic carbocycles. The molecule has 0 saturated heterocycles. The van der Waals surface area contributed by atoms with Gasteiger partial charge in [-0.25, -0.2) is 14.8 Å². The lowest BCUT2D eigenvalue weighted by Crippen LogP contribution is -2.00. The molecule has 100 valence electrons. The summed E-state index contributed by atoms with van der Waals surface area (Å²) in [5, 5.41) is 4.79. The standard InChI is InChI=1S/C14H10N2O2S2/c1-18-14(17)10-4-2-3-9(5-10)13-16-12(7-20-13)11-6-19-8-15-11/h2-8H,1H3. The SMILES string of the molecule is COC(=O)c1cccc(-c2nc(-c3cscn3)cs2)c1. The minimum absolute atomic E-state index is 0.344. The second-order valence-corrected chi connectivity index (χ2v) is 5.56. The van der Waals surface area contributed by atoms with Gasteiger partial charge in [-0.2, -0.15) is 0 Å². The Kier molecular flexibility index (Phi) is 3.58. The lowest BCUT2D eigenvalue weighted by Gasteiger charge is -2.01. The summed E-state index contributed by atoms with van der Waals surface area (Å²) in [6, 6.07) is 7.27.